The van der Waals surface area contributed by atoms with Gasteiger partial charge in [-0.2, -0.15) is 0 Å². The van der Waals surface area contributed by atoms with Gasteiger partial charge in [0.2, 0.25) is 0 Å². The zero-order valence-corrected chi connectivity index (χ0v) is 17.8. The fourth-order valence-corrected chi connectivity index (χ4v) is 7.48. The molecule has 0 spiro atoms. The van der Waals surface area contributed by atoms with Crippen molar-refractivity contribution in [2.75, 3.05) is 0 Å². The van der Waals surface area contributed by atoms with Crippen LogP contribution in [0.2, 0.25) is 0 Å². The molecule has 4 nitrogen and oxygen atoms in total. The summed E-state index contributed by atoms with van der Waals surface area (Å²) in [6, 6.07) is 0. The van der Waals surface area contributed by atoms with Gasteiger partial charge in [-0.05, 0) is 80.8 Å². The van der Waals surface area contributed by atoms with Crippen molar-refractivity contribution in [3.05, 3.63) is 23.3 Å². The molecule has 4 aliphatic rings. The highest BCUT2D eigenvalue weighted by molar-refractivity contribution is 5.92. The molecule has 0 unspecified atom stereocenters. The van der Waals surface area contributed by atoms with Crippen molar-refractivity contribution in [3.63, 3.8) is 0 Å². The number of ether oxygens (including phenoxy) is 1. The predicted molar refractivity (Wildman–Crippen MR) is 106 cm³/mol. The first-order chi connectivity index (χ1) is 13.0. The number of ketones is 2. The fraction of sp³-hybridized carbons (Fsp3) is 0.708. The van der Waals surface area contributed by atoms with Gasteiger partial charge in [0.05, 0.1) is 0 Å². The molecule has 4 aliphatic carbocycles. The molecule has 0 aromatic carbocycles. The van der Waals surface area contributed by atoms with Crippen LogP contribution in [0.15, 0.2) is 23.3 Å². The van der Waals surface area contributed by atoms with Crippen molar-refractivity contribution in [1.29, 1.82) is 0 Å². The summed E-state index contributed by atoms with van der Waals surface area (Å²) >= 11 is 0. The molecule has 28 heavy (non-hydrogen) atoms. The fourth-order valence-electron chi connectivity index (χ4n) is 7.48. The summed E-state index contributed by atoms with van der Waals surface area (Å²) in [5.41, 5.74) is 1.15. The van der Waals surface area contributed by atoms with E-state index in [1.54, 1.807) is 6.92 Å². The molecule has 2 fully saturated rings. The number of rotatable bonds is 2. The molecule has 0 amide bonds. The number of carbonyl (C=O) groups is 3. The van der Waals surface area contributed by atoms with Crippen LogP contribution in [0.1, 0.15) is 73.1 Å². The molecule has 0 bridgehead atoms. The van der Waals surface area contributed by atoms with Crippen LogP contribution in [0.4, 0.5) is 0 Å². The summed E-state index contributed by atoms with van der Waals surface area (Å²) in [5, 5.41) is 0. The van der Waals surface area contributed by atoms with Crippen molar-refractivity contribution < 1.29 is 19.1 Å². The molecule has 0 aromatic heterocycles. The number of carbonyl (C=O) groups excluding carboxylic acids is 3. The minimum atomic E-state index is -0.990. The molecule has 2 saturated carbocycles. The number of fused-ring (bicyclic) bond motifs is 5. The van der Waals surface area contributed by atoms with Gasteiger partial charge in [-0.3, -0.25) is 14.4 Å². The van der Waals surface area contributed by atoms with E-state index in [1.807, 2.05) is 6.08 Å². The predicted octanol–water partition coefficient (Wildman–Crippen LogP) is 4.58. The maximum absolute atomic E-state index is 12.8. The second-order valence-electron chi connectivity index (χ2n) is 10.1. The van der Waals surface area contributed by atoms with Crippen LogP contribution in [0.25, 0.3) is 0 Å². The van der Waals surface area contributed by atoms with Crippen molar-refractivity contribution in [3.8, 4) is 0 Å². The van der Waals surface area contributed by atoms with Gasteiger partial charge in [0.1, 0.15) is 0 Å². The van der Waals surface area contributed by atoms with Crippen molar-refractivity contribution in [2.24, 2.45) is 28.6 Å². The third kappa shape index (κ3) is 2.39. The highest BCUT2D eigenvalue weighted by atomic mass is 16.6. The lowest BCUT2D eigenvalue weighted by Crippen LogP contribution is -2.58. The largest absolute Gasteiger partial charge is 0.451 e. The van der Waals surface area contributed by atoms with Gasteiger partial charge < -0.3 is 4.74 Å². The molecule has 0 heterocycles. The minimum Gasteiger partial charge on any atom is -0.451 e. The van der Waals surface area contributed by atoms with Crippen LogP contribution in [0.5, 0.6) is 0 Å². The van der Waals surface area contributed by atoms with Gasteiger partial charge in [0.15, 0.2) is 17.2 Å². The molecule has 0 aliphatic heterocycles. The molecule has 0 aromatic rings. The first-order valence-electron chi connectivity index (χ1n) is 10.7. The van der Waals surface area contributed by atoms with E-state index in [4.69, 9.17) is 4.74 Å². The van der Waals surface area contributed by atoms with E-state index in [-0.39, 0.29) is 28.4 Å². The van der Waals surface area contributed by atoms with Crippen molar-refractivity contribution in [1.82, 2.24) is 0 Å². The normalized spacial score (nSPS) is 44.6. The monoisotopic (exact) mass is 384 g/mol. The Morgan fingerprint density at radius 3 is 2.39 bits per heavy atom. The summed E-state index contributed by atoms with van der Waals surface area (Å²) in [5.74, 6) is 1.03. The average molecular weight is 385 g/mol. The topological polar surface area (TPSA) is 60.4 Å². The van der Waals surface area contributed by atoms with Gasteiger partial charge in [0.25, 0.3) is 0 Å². The quantitative estimate of drug-likeness (QED) is 0.654. The van der Waals surface area contributed by atoms with Gasteiger partial charge >= 0.3 is 5.97 Å². The second kappa shape index (κ2) is 6.14. The van der Waals surface area contributed by atoms with Gasteiger partial charge in [-0.1, -0.05) is 25.5 Å². The van der Waals surface area contributed by atoms with E-state index < -0.39 is 5.60 Å². The third-order valence-electron chi connectivity index (χ3n) is 8.84. The Bertz CT molecular complexity index is 820. The Balaban J connectivity index is 1.79. The zero-order chi connectivity index (χ0) is 20.5. The SMILES string of the molecule is CC(=O)O[C@]1(C(C)=O)CC[C@@H]2[C@H]3C=C(C)C4=CC(=O)CC[C@]4(C)[C@H]3CC[C@]21C. The van der Waals surface area contributed by atoms with Crippen LogP contribution in [0, 0.1) is 28.6 Å². The third-order valence-corrected chi connectivity index (χ3v) is 8.84. The lowest BCUT2D eigenvalue weighted by molar-refractivity contribution is -0.185. The summed E-state index contributed by atoms with van der Waals surface area (Å²) in [6.07, 6.45) is 9.20. The highest BCUT2D eigenvalue weighted by Gasteiger charge is 2.67. The first-order valence-corrected chi connectivity index (χ1v) is 10.7. The van der Waals surface area contributed by atoms with E-state index >= 15 is 0 Å². The summed E-state index contributed by atoms with van der Waals surface area (Å²) < 4.78 is 5.82. The molecule has 0 saturated heterocycles. The minimum absolute atomic E-state index is 0.0160. The van der Waals surface area contributed by atoms with E-state index in [0.29, 0.717) is 30.6 Å². The maximum atomic E-state index is 12.8. The smallest absolute Gasteiger partial charge is 0.303 e. The van der Waals surface area contributed by atoms with E-state index in [0.717, 1.165) is 25.7 Å². The first kappa shape index (κ1) is 19.6. The van der Waals surface area contributed by atoms with E-state index in [9.17, 15) is 14.4 Å². The molecule has 4 rings (SSSR count). The van der Waals surface area contributed by atoms with Crippen LogP contribution in [-0.4, -0.2) is 23.1 Å². The number of esters is 1. The van der Waals surface area contributed by atoms with Crippen molar-refractivity contribution >= 4 is 17.5 Å². The number of hydrogen-bond acceptors (Lipinski definition) is 4. The molecule has 6 atom stereocenters. The molecular formula is C24H32O4. The highest BCUT2D eigenvalue weighted by Crippen LogP contribution is 2.67. The van der Waals surface area contributed by atoms with Gasteiger partial charge in [-0.25, -0.2) is 0 Å². The van der Waals surface area contributed by atoms with Gasteiger partial charge in [0, 0.05) is 18.8 Å². The molecule has 4 heteroatoms. The summed E-state index contributed by atoms with van der Waals surface area (Å²) in [7, 11) is 0. The lowest BCUT2D eigenvalue weighted by atomic mass is 9.47. The summed E-state index contributed by atoms with van der Waals surface area (Å²) in [6.45, 7) is 9.63. The second-order valence-corrected chi connectivity index (χ2v) is 10.1. The molecule has 0 N–H and O–H groups in total. The van der Waals surface area contributed by atoms with E-state index in [2.05, 4.69) is 26.8 Å². The number of Topliss-reactive ketones (excluding diaryl/α,β-unsaturated/α-hetero) is 1. The maximum Gasteiger partial charge on any atom is 0.303 e. The molecular weight excluding hydrogens is 352 g/mol. The Labute approximate surface area is 167 Å². The van der Waals surface area contributed by atoms with Gasteiger partial charge in [-0.15, -0.1) is 0 Å². The standard InChI is InChI=1S/C24H32O4/c1-14-12-18-19(22(4)9-6-17(27)13-21(14)22)7-10-23(5)20(18)8-11-24(23,15(2)25)28-16(3)26/h12-13,18-20H,6-11H2,1-5H3/t18-,19-,20+,22+,23+,24-/m0/s1. The van der Waals surface area contributed by atoms with Crippen LogP contribution in [-0.2, 0) is 19.1 Å². The van der Waals surface area contributed by atoms with Crippen LogP contribution >= 0.6 is 0 Å². The number of hydrogen-bond donors (Lipinski definition) is 0. The molecule has 0 radical (unpaired) electrons. The molecule has 152 valence electrons. The Hall–Kier alpha value is -1.71. The Morgan fingerprint density at radius 2 is 1.75 bits per heavy atom. The Kier molecular flexibility index (Phi) is 4.30. The zero-order valence-electron chi connectivity index (χ0n) is 17.8. The number of allylic oxidation sites excluding steroid dienone is 4. The Morgan fingerprint density at radius 1 is 1.07 bits per heavy atom. The van der Waals surface area contributed by atoms with Crippen LogP contribution in [0.3, 0.4) is 0 Å². The van der Waals surface area contributed by atoms with E-state index in [1.165, 1.54) is 18.1 Å². The van der Waals surface area contributed by atoms with Crippen LogP contribution < -0.4 is 0 Å². The summed E-state index contributed by atoms with van der Waals surface area (Å²) in [4.78, 5) is 36.8. The lowest BCUT2D eigenvalue weighted by Gasteiger charge is -2.58. The van der Waals surface area contributed by atoms with Crippen molar-refractivity contribution in [2.45, 2.75) is 78.7 Å². The average Bonchev–Trinajstić information content (AvgIpc) is 2.90.